The molecule has 0 saturated carbocycles. The zero-order valence-corrected chi connectivity index (χ0v) is 10.1. The van der Waals surface area contributed by atoms with Gasteiger partial charge in [0.05, 0.1) is 7.11 Å². The van der Waals surface area contributed by atoms with Crippen molar-refractivity contribution < 1.29 is 14.3 Å². The Morgan fingerprint density at radius 3 is 2.24 bits per heavy atom. The molecule has 0 aliphatic carbocycles. The van der Waals surface area contributed by atoms with E-state index in [4.69, 9.17) is 0 Å². The van der Waals surface area contributed by atoms with Gasteiger partial charge in [0.25, 0.3) is 0 Å². The molecule has 1 rings (SSSR count). The van der Waals surface area contributed by atoms with Gasteiger partial charge in [-0.2, -0.15) is 0 Å². The summed E-state index contributed by atoms with van der Waals surface area (Å²) in [5.41, 5.74) is 0.981. The molecule has 4 nitrogen and oxygen atoms in total. The van der Waals surface area contributed by atoms with Crippen LogP contribution in [-0.4, -0.2) is 25.9 Å². The molecule has 1 aromatic rings. The third kappa shape index (κ3) is 2.93. The third-order valence-electron chi connectivity index (χ3n) is 2.40. The van der Waals surface area contributed by atoms with Crippen LogP contribution in [0, 0.1) is 0 Å². The van der Waals surface area contributed by atoms with Crippen LogP contribution in [0.25, 0.3) is 0 Å². The molecule has 0 amide bonds. The number of ether oxygens (including phenoxy) is 1. The molecular formula is C13H15NO3. The summed E-state index contributed by atoms with van der Waals surface area (Å²) in [4.78, 5) is 23.7. The van der Waals surface area contributed by atoms with Crippen LogP contribution in [0.4, 0.5) is 0 Å². The van der Waals surface area contributed by atoms with Gasteiger partial charge in [-0.3, -0.25) is 4.79 Å². The van der Waals surface area contributed by atoms with Gasteiger partial charge in [-0.1, -0.05) is 30.3 Å². The molecule has 4 heteroatoms. The maximum atomic E-state index is 12.1. The number of methoxy groups -OCH3 is 1. The predicted molar refractivity (Wildman–Crippen MR) is 64.5 cm³/mol. The van der Waals surface area contributed by atoms with Crippen LogP contribution in [0.3, 0.4) is 0 Å². The maximum absolute atomic E-state index is 12.1. The Kier molecular flexibility index (Phi) is 4.46. The topological polar surface area (TPSA) is 55.4 Å². The number of hydrogen-bond donors (Lipinski definition) is 1. The first kappa shape index (κ1) is 13.0. The van der Waals surface area contributed by atoms with Crippen LogP contribution in [0.2, 0.25) is 0 Å². The first-order chi connectivity index (χ1) is 8.11. The molecule has 0 aliphatic heterocycles. The molecule has 0 unspecified atom stereocenters. The second kappa shape index (κ2) is 5.84. The van der Waals surface area contributed by atoms with Crippen LogP contribution in [0.15, 0.2) is 41.6 Å². The summed E-state index contributed by atoms with van der Waals surface area (Å²) in [6, 6.07) is 8.62. The molecule has 90 valence electrons. The van der Waals surface area contributed by atoms with Crippen molar-refractivity contribution in [1.82, 2.24) is 5.32 Å². The summed E-state index contributed by atoms with van der Waals surface area (Å²) < 4.78 is 4.62. The smallest absolute Gasteiger partial charge is 0.343 e. The van der Waals surface area contributed by atoms with Crippen molar-refractivity contribution in [1.29, 1.82) is 0 Å². The molecule has 0 saturated heterocycles. The van der Waals surface area contributed by atoms with E-state index < -0.39 is 5.97 Å². The van der Waals surface area contributed by atoms with Crippen molar-refractivity contribution in [2.24, 2.45) is 0 Å². The van der Waals surface area contributed by atoms with Crippen molar-refractivity contribution in [2.75, 3.05) is 14.2 Å². The summed E-state index contributed by atoms with van der Waals surface area (Å²) in [5.74, 6) is -0.977. The number of Topliss-reactive ketones (excluding diaryl/α,β-unsaturated/α-hetero) is 1. The highest BCUT2D eigenvalue weighted by Crippen LogP contribution is 2.12. The lowest BCUT2D eigenvalue weighted by molar-refractivity contribution is -0.135. The first-order valence-electron chi connectivity index (χ1n) is 5.18. The van der Waals surface area contributed by atoms with Gasteiger partial charge < -0.3 is 10.1 Å². The van der Waals surface area contributed by atoms with Crippen LogP contribution in [0.1, 0.15) is 17.3 Å². The highest BCUT2D eigenvalue weighted by molar-refractivity contribution is 6.24. The van der Waals surface area contributed by atoms with Crippen LogP contribution in [0.5, 0.6) is 0 Å². The fourth-order valence-corrected chi connectivity index (χ4v) is 1.38. The lowest BCUT2D eigenvalue weighted by Crippen LogP contribution is -2.21. The van der Waals surface area contributed by atoms with Crippen molar-refractivity contribution in [3.63, 3.8) is 0 Å². The number of rotatable bonds is 4. The molecule has 0 aliphatic rings. The number of nitrogens with one attached hydrogen (secondary N) is 1. The number of allylic oxidation sites excluding steroid dienone is 1. The molecule has 1 aromatic carbocycles. The summed E-state index contributed by atoms with van der Waals surface area (Å²) in [6.07, 6.45) is 0. The van der Waals surface area contributed by atoms with Gasteiger partial charge in [-0.15, -0.1) is 0 Å². The zero-order valence-electron chi connectivity index (χ0n) is 10.1. The molecule has 17 heavy (non-hydrogen) atoms. The molecule has 1 N–H and O–H groups in total. The lowest BCUT2D eigenvalue weighted by atomic mass is 10.0. The van der Waals surface area contributed by atoms with Gasteiger partial charge in [-0.25, -0.2) is 4.79 Å². The minimum absolute atomic E-state index is 0.0289. The summed E-state index contributed by atoms with van der Waals surface area (Å²) in [7, 11) is 2.90. The molecular weight excluding hydrogens is 218 g/mol. The lowest BCUT2D eigenvalue weighted by Gasteiger charge is -2.09. The predicted octanol–water partition coefficient (Wildman–Crippen LogP) is 1.54. The first-order valence-corrected chi connectivity index (χ1v) is 5.18. The van der Waals surface area contributed by atoms with E-state index in [1.165, 1.54) is 7.11 Å². The Labute approximate surface area is 100 Å². The Morgan fingerprint density at radius 2 is 1.76 bits per heavy atom. The van der Waals surface area contributed by atoms with E-state index >= 15 is 0 Å². The Bertz CT molecular complexity index is 449. The quantitative estimate of drug-likeness (QED) is 0.282. The second-order valence-corrected chi connectivity index (χ2v) is 3.44. The number of ketones is 1. The summed E-state index contributed by atoms with van der Waals surface area (Å²) >= 11 is 0. The average molecular weight is 233 g/mol. The highest BCUT2D eigenvalue weighted by atomic mass is 16.5. The summed E-state index contributed by atoms with van der Waals surface area (Å²) in [6.45, 7) is 1.66. The number of carbonyl (C=O) groups excluding carboxylic acids is 2. The molecule has 0 fully saturated rings. The number of benzene rings is 1. The van der Waals surface area contributed by atoms with Crippen molar-refractivity contribution in [3.05, 3.63) is 47.2 Å². The Balaban J connectivity index is 3.18. The van der Waals surface area contributed by atoms with E-state index in [2.05, 4.69) is 10.1 Å². The van der Waals surface area contributed by atoms with Crippen molar-refractivity contribution in [2.45, 2.75) is 6.92 Å². The maximum Gasteiger partial charge on any atom is 0.343 e. The van der Waals surface area contributed by atoms with Gasteiger partial charge in [0.15, 0.2) is 0 Å². The molecule has 0 aromatic heterocycles. The number of esters is 1. The number of hydrogen-bond acceptors (Lipinski definition) is 4. The van der Waals surface area contributed by atoms with Crippen LogP contribution < -0.4 is 5.32 Å². The molecule has 0 heterocycles. The summed E-state index contributed by atoms with van der Waals surface area (Å²) in [5, 5.41) is 2.79. The molecule has 0 spiro atoms. The Hall–Kier alpha value is -2.10. The second-order valence-electron chi connectivity index (χ2n) is 3.44. The minimum atomic E-state index is -0.634. The average Bonchev–Trinajstić information content (AvgIpc) is 2.39. The fourth-order valence-electron chi connectivity index (χ4n) is 1.38. The van der Waals surface area contributed by atoms with E-state index in [-0.39, 0.29) is 11.4 Å². The normalized spacial score (nSPS) is 11.5. The van der Waals surface area contributed by atoms with Crippen molar-refractivity contribution in [3.8, 4) is 0 Å². The molecule has 0 radical (unpaired) electrons. The van der Waals surface area contributed by atoms with Gasteiger partial charge in [0.2, 0.25) is 5.78 Å². The van der Waals surface area contributed by atoms with Crippen LogP contribution >= 0.6 is 0 Å². The van der Waals surface area contributed by atoms with Crippen LogP contribution in [-0.2, 0) is 9.53 Å². The fraction of sp³-hybridized carbons (Fsp3) is 0.231. The number of carbonyl (C=O) groups is 2. The van der Waals surface area contributed by atoms with E-state index in [1.54, 1.807) is 38.2 Å². The highest BCUT2D eigenvalue weighted by Gasteiger charge is 2.22. The van der Waals surface area contributed by atoms with E-state index in [0.717, 1.165) is 0 Å². The van der Waals surface area contributed by atoms with Gasteiger partial charge >= 0.3 is 5.97 Å². The Morgan fingerprint density at radius 1 is 1.18 bits per heavy atom. The molecule has 0 bridgehead atoms. The van der Waals surface area contributed by atoms with Gasteiger partial charge in [0.1, 0.15) is 5.57 Å². The van der Waals surface area contributed by atoms with E-state index in [0.29, 0.717) is 11.3 Å². The van der Waals surface area contributed by atoms with E-state index in [9.17, 15) is 9.59 Å². The zero-order chi connectivity index (χ0) is 12.8. The standard InChI is InChI=1S/C13H15NO3/c1-9(14-2)11(13(16)17-3)12(15)10-7-5-4-6-8-10/h4-8,14H,1-3H3. The SMILES string of the molecule is CNC(C)=C(C(=O)OC)C(=O)c1ccccc1. The monoisotopic (exact) mass is 233 g/mol. The minimum Gasteiger partial charge on any atom is -0.465 e. The third-order valence-corrected chi connectivity index (χ3v) is 2.40. The van der Waals surface area contributed by atoms with Gasteiger partial charge in [-0.05, 0) is 6.92 Å². The van der Waals surface area contributed by atoms with E-state index in [1.807, 2.05) is 6.07 Å². The van der Waals surface area contributed by atoms with Crippen molar-refractivity contribution >= 4 is 11.8 Å². The van der Waals surface area contributed by atoms with Gasteiger partial charge in [0, 0.05) is 18.3 Å². The largest absolute Gasteiger partial charge is 0.465 e. The molecule has 0 atom stereocenters.